The molecule has 6 rings (SSSR count). The summed E-state index contributed by atoms with van der Waals surface area (Å²) in [6, 6.07) is 8.16. The maximum Gasteiger partial charge on any atom is 0.338 e. The van der Waals surface area contributed by atoms with Crippen LogP contribution in [0.25, 0.3) is 5.57 Å². The van der Waals surface area contributed by atoms with Crippen molar-refractivity contribution < 1.29 is 14.7 Å². The largest absolute Gasteiger partial charge is 0.456 e. The molecule has 5 aliphatic carbocycles. The van der Waals surface area contributed by atoms with Gasteiger partial charge in [0.2, 0.25) is 0 Å². The summed E-state index contributed by atoms with van der Waals surface area (Å²) in [7, 11) is 0. The zero-order chi connectivity index (χ0) is 32.8. The summed E-state index contributed by atoms with van der Waals surface area (Å²) in [4.78, 5) is 12.7. The smallest absolute Gasteiger partial charge is 0.338 e. The summed E-state index contributed by atoms with van der Waals surface area (Å²) < 4.78 is 5.62. The molecule has 0 spiro atoms. The Morgan fingerprint density at radius 2 is 1.62 bits per heavy atom. The average Bonchev–Trinajstić information content (AvgIpc) is 3.32. The van der Waals surface area contributed by atoms with Gasteiger partial charge < -0.3 is 9.94 Å². The van der Waals surface area contributed by atoms with Gasteiger partial charge in [-0.1, -0.05) is 65.0 Å². The Balaban J connectivity index is 1.31. The molecule has 9 atom stereocenters. The number of hydrogen-bond donors (Lipinski definition) is 1. The molecule has 4 saturated carbocycles. The number of carbonyl (C=O) groups excluding carboxylic acids is 1. The highest BCUT2D eigenvalue weighted by molar-refractivity contribution is 5.90. The van der Waals surface area contributed by atoms with Gasteiger partial charge in [-0.05, 0) is 160 Å². The quantitative estimate of drug-likeness (QED) is 0.121. The third kappa shape index (κ3) is 4.73. The molecule has 4 heteroatoms. The van der Waals surface area contributed by atoms with Crippen LogP contribution in [0.5, 0.6) is 0 Å². The highest BCUT2D eigenvalue weighted by Crippen LogP contribution is 2.77. The fraction of sp³-hybridized carbons (Fsp3) is 0.707. The van der Waals surface area contributed by atoms with E-state index >= 15 is 0 Å². The van der Waals surface area contributed by atoms with Crippen LogP contribution in [0, 0.1) is 56.7 Å². The molecule has 4 fully saturated rings. The van der Waals surface area contributed by atoms with E-state index in [1.54, 1.807) is 0 Å². The molecule has 0 saturated heterocycles. The molecule has 246 valence electrons. The number of allylic oxidation sites excluding steroid dienone is 3. The first-order valence-corrected chi connectivity index (χ1v) is 17.8. The maximum atomic E-state index is 12.7. The predicted octanol–water partition coefficient (Wildman–Crippen LogP) is 10.8. The highest BCUT2D eigenvalue weighted by atomic mass is 16.6. The second kappa shape index (κ2) is 10.6. The van der Waals surface area contributed by atoms with Gasteiger partial charge in [-0.3, -0.25) is 0 Å². The molecule has 0 radical (unpaired) electrons. The van der Waals surface area contributed by atoms with Gasteiger partial charge in [-0.25, -0.2) is 4.79 Å². The maximum absolute atomic E-state index is 12.7. The third-order valence-electron chi connectivity index (χ3n) is 14.9. The topological polar surface area (TPSA) is 58.9 Å². The van der Waals surface area contributed by atoms with E-state index in [0.717, 1.165) is 19.3 Å². The number of benzene rings is 1. The number of oxime groups is 1. The minimum Gasteiger partial charge on any atom is -0.456 e. The summed E-state index contributed by atoms with van der Waals surface area (Å²) >= 11 is 0. The molecule has 1 aromatic rings. The molecule has 0 bridgehead atoms. The molecule has 0 aliphatic heterocycles. The van der Waals surface area contributed by atoms with Crippen molar-refractivity contribution in [2.45, 2.75) is 126 Å². The predicted molar refractivity (Wildman–Crippen MR) is 184 cm³/mol. The van der Waals surface area contributed by atoms with E-state index in [2.05, 4.69) is 71.5 Å². The monoisotopic (exact) mass is 613 g/mol. The SMILES string of the molecule is C=C(C)[C@@H]1CC[C@]2(/C=N/O)CC[C@]3(C)[C@H](CC[C@@H]4[C@@]5(C)CC=C(c6ccc(C(=O)OC(C)(C)C)cc6)C(C)(C)[C@@H]5CC[C@]43C)[C@@H]12. The van der Waals surface area contributed by atoms with Gasteiger partial charge in [0.05, 0.1) is 11.8 Å². The Bertz CT molecular complexity index is 1410. The van der Waals surface area contributed by atoms with Crippen molar-refractivity contribution in [1.82, 2.24) is 0 Å². The molecular weight excluding hydrogens is 554 g/mol. The Labute approximate surface area is 273 Å². The molecule has 0 aromatic heterocycles. The fourth-order valence-electron chi connectivity index (χ4n) is 12.8. The summed E-state index contributed by atoms with van der Waals surface area (Å²) in [5, 5.41) is 13.5. The van der Waals surface area contributed by atoms with E-state index in [1.165, 1.54) is 55.2 Å². The zero-order valence-electron chi connectivity index (χ0n) is 29.6. The molecule has 45 heavy (non-hydrogen) atoms. The van der Waals surface area contributed by atoms with E-state index in [-0.39, 0.29) is 33.0 Å². The van der Waals surface area contributed by atoms with Crippen LogP contribution in [-0.2, 0) is 4.74 Å². The van der Waals surface area contributed by atoms with Crippen molar-refractivity contribution in [3.63, 3.8) is 0 Å². The fourth-order valence-corrected chi connectivity index (χ4v) is 12.8. The van der Waals surface area contributed by atoms with Gasteiger partial charge in [0.15, 0.2) is 0 Å². The summed E-state index contributed by atoms with van der Waals surface area (Å²) in [6.07, 6.45) is 15.4. The van der Waals surface area contributed by atoms with Gasteiger partial charge in [-0.2, -0.15) is 0 Å². The number of rotatable bonds is 4. The van der Waals surface area contributed by atoms with Crippen LogP contribution >= 0.6 is 0 Å². The minimum absolute atomic E-state index is 0.0242. The minimum atomic E-state index is -0.502. The van der Waals surface area contributed by atoms with E-state index in [4.69, 9.17) is 4.74 Å². The van der Waals surface area contributed by atoms with Gasteiger partial charge >= 0.3 is 5.97 Å². The molecule has 0 amide bonds. The van der Waals surface area contributed by atoms with Crippen LogP contribution in [0.4, 0.5) is 0 Å². The van der Waals surface area contributed by atoms with Crippen molar-refractivity contribution in [1.29, 1.82) is 0 Å². The molecule has 5 aliphatic rings. The summed E-state index contributed by atoms with van der Waals surface area (Å²) in [5.74, 6) is 2.73. The van der Waals surface area contributed by atoms with Crippen molar-refractivity contribution in [2.24, 2.45) is 61.8 Å². The van der Waals surface area contributed by atoms with Crippen LogP contribution in [0.3, 0.4) is 0 Å². The first-order chi connectivity index (χ1) is 20.9. The molecule has 4 nitrogen and oxygen atoms in total. The van der Waals surface area contributed by atoms with Gasteiger partial charge in [0, 0.05) is 5.41 Å². The number of carbonyl (C=O) groups is 1. The number of esters is 1. The van der Waals surface area contributed by atoms with Crippen molar-refractivity contribution >= 4 is 17.8 Å². The lowest BCUT2D eigenvalue weighted by Gasteiger charge is -2.72. The second-order valence-corrected chi connectivity index (χ2v) is 18.3. The number of hydrogen-bond acceptors (Lipinski definition) is 4. The third-order valence-corrected chi connectivity index (χ3v) is 14.9. The number of nitrogens with zero attached hydrogens (tertiary/aromatic N) is 1. The number of ether oxygens (including phenoxy) is 1. The van der Waals surface area contributed by atoms with Crippen molar-refractivity contribution in [2.75, 3.05) is 0 Å². The zero-order valence-corrected chi connectivity index (χ0v) is 29.6. The Kier molecular flexibility index (Phi) is 7.66. The van der Waals surface area contributed by atoms with E-state index in [9.17, 15) is 10.0 Å². The van der Waals surface area contributed by atoms with Crippen LogP contribution in [0.2, 0.25) is 0 Å². The lowest BCUT2D eigenvalue weighted by molar-refractivity contribution is -0.219. The van der Waals surface area contributed by atoms with Gasteiger partial charge in [0.1, 0.15) is 5.60 Å². The van der Waals surface area contributed by atoms with E-state index in [1.807, 2.05) is 39.1 Å². The van der Waals surface area contributed by atoms with Crippen LogP contribution in [0.1, 0.15) is 136 Å². The lowest BCUT2D eigenvalue weighted by atomic mass is 9.32. The molecule has 1 N–H and O–H groups in total. The molecular formula is C41H59NO3. The van der Waals surface area contributed by atoms with Crippen molar-refractivity contribution in [3.05, 3.63) is 53.6 Å². The van der Waals surface area contributed by atoms with Crippen LogP contribution < -0.4 is 0 Å². The van der Waals surface area contributed by atoms with Crippen LogP contribution in [0.15, 0.2) is 47.6 Å². The standard InChI is InChI=1S/C41H59NO3/c1-26(2)29-17-22-41(25-42-44)24-23-39(9)31(34(29)41)15-16-33-38(8)20-18-30(37(6,7)32(38)19-21-40(33,39)10)27-11-13-28(14-12-27)35(43)45-36(3,4)5/h11-14,18,25,29,31-34,44H,1,15-17,19-24H2,2-10H3/b42-25+/t29-,31+,32-,33+,34+,38-,39+,40+,41+/m0/s1. The first-order valence-electron chi connectivity index (χ1n) is 17.8. The summed E-state index contributed by atoms with van der Waals surface area (Å²) in [6.45, 7) is 25.4. The molecule has 1 aromatic carbocycles. The normalized spacial score (nSPS) is 42.2. The average molecular weight is 614 g/mol. The summed E-state index contributed by atoms with van der Waals surface area (Å²) in [5.41, 5.74) is 4.96. The first kappa shape index (κ1) is 32.6. The van der Waals surface area contributed by atoms with E-state index in [0.29, 0.717) is 35.2 Å². The Morgan fingerprint density at radius 1 is 0.933 bits per heavy atom. The van der Waals surface area contributed by atoms with Crippen LogP contribution in [-0.4, -0.2) is 23.0 Å². The Morgan fingerprint density at radius 3 is 2.24 bits per heavy atom. The highest BCUT2D eigenvalue weighted by Gasteiger charge is 2.70. The number of fused-ring (bicyclic) bond motifs is 7. The van der Waals surface area contributed by atoms with Gasteiger partial charge in [-0.15, -0.1) is 5.16 Å². The van der Waals surface area contributed by atoms with Crippen molar-refractivity contribution in [3.8, 4) is 0 Å². The second-order valence-electron chi connectivity index (χ2n) is 18.3. The Hall–Kier alpha value is -2.36. The lowest BCUT2D eigenvalue weighted by Crippen LogP contribution is -2.65. The van der Waals surface area contributed by atoms with E-state index < -0.39 is 5.60 Å². The molecule has 0 heterocycles. The van der Waals surface area contributed by atoms with Gasteiger partial charge in [0.25, 0.3) is 0 Å². The molecule has 0 unspecified atom stereocenters.